The highest BCUT2D eigenvalue weighted by molar-refractivity contribution is 5.52. The summed E-state index contributed by atoms with van der Waals surface area (Å²) in [5.74, 6) is 0.793. The predicted octanol–water partition coefficient (Wildman–Crippen LogP) is 2.63. The maximum Gasteiger partial charge on any atom is 0.264 e. The molecule has 0 bridgehead atoms. The smallest absolute Gasteiger partial charge is 0.264 e. The van der Waals surface area contributed by atoms with Gasteiger partial charge in [-0.3, -0.25) is 0 Å². The van der Waals surface area contributed by atoms with E-state index in [1.54, 1.807) is 6.07 Å². The van der Waals surface area contributed by atoms with Gasteiger partial charge in [0.1, 0.15) is 0 Å². The van der Waals surface area contributed by atoms with Crippen LogP contribution in [-0.4, -0.2) is 20.8 Å². The molecule has 0 aliphatic heterocycles. The van der Waals surface area contributed by atoms with Crippen molar-refractivity contribution in [3.8, 4) is 11.5 Å². The summed E-state index contributed by atoms with van der Waals surface area (Å²) in [6.45, 7) is 0.377. The summed E-state index contributed by atoms with van der Waals surface area (Å²) in [7, 11) is 2.92. The lowest BCUT2D eigenvalue weighted by Crippen LogP contribution is -2.21. The van der Waals surface area contributed by atoms with E-state index in [1.807, 2.05) is 0 Å². The summed E-state index contributed by atoms with van der Waals surface area (Å²) in [6, 6.07) is 2.99. The van der Waals surface area contributed by atoms with Gasteiger partial charge in [-0.05, 0) is 30.5 Å². The Hall–Kier alpha value is -1.36. The fraction of sp³-hybridized carbons (Fsp3) is 0.538. The molecule has 0 aromatic heterocycles. The first kappa shape index (κ1) is 13.1. The Morgan fingerprint density at radius 3 is 2.17 bits per heavy atom. The molecule has 1 aliphatic rings. The number of halogens is 2. The topological polar surface area (TPSA) is 44.5 Å². The third-order valence-electron chi connectivity index (χ3n) is 3.61. The highest BCUT2D eigenvalue weighted by Crippen LogP contribution is 2.52. The molecule has 18 heavy (non-hydrogen) atoms. The number of alkyl halides is 2. The van der Waals surface area contributed by atoms with Gasteiger partial charge in [0.25, 0.3) is 6.43 Å². The molecule has 2 rings (SSSR count). The molecule has 1 fully saturated rings. The van der Waals surface area contributed by atoms with Crippen molar-refractivity contribution in [1.29, 1.82) is 0 Å². The van der Waals surface area contributed by atoms with Crippen LogP contribution < -0.4 is 15.2 Å². The Labute approximate surface area is 105 Å². The number of benzene rings is 1. The predicted molar refractivity (Wildman–Crippen MR) is 64.5 cm³/mol. The quantitative estimate of drug-likeness (QED) is 0.882. The molecule has 1 aromatic carbocycles. The van der Waals surface area contributed by atoms with Gasteiger partial charge in [-0.1, -0.05) is 0 Å². The average Bonchev–Trinajstić information content (AvgIpc) is 3.17. The van der Waals surface area contributed by atoms with Gasteiger partial charge >= 0.3 is 0 Å². The second-order valence-corrected chi connectivity index (χ2v) is 4.58. The summed E-state index contributed by atoms with van der Waals surface area (Å²) in [4.78, 5) is 0. The first-order valence-corrected chi connectivity index (χ1v) is 5.82. The highest BCUT2D eigenvalue weighted by Gasteiger charge is 2.45. The molecule has 3 nitrogen and oxygen atoms in total. The van der Waals surface area contributed by atoms with Crippen LogP contribution in [0, 0.1) is 0 Å². The first-order valence-electron chi connectivity index (χ1n) is 5.82. The lowest BCUT2D eigenvalue weighted by molar-refractivity contribution is 0.149. The van der Waals surface area contributed by atoms with Crippen LogP contribution in [-0.2, 0) is 5.41 Å². The molecule has 0 spiro atoms. The number of nitrogens with two attached hydrogens (primary N) is 1. The molecule has 0 saturated heterocycles. The van der Waals surface area contributed by atoms with Gasteiger partial charge in [-0.15, -0.1) is 0 Å². The molecule has 0 unspecified atom stereocenters. The minimum atomic E-state index is -2.54. The summed E-state index contributed by atoms with van der Waals surface area (Å²) >= 11 is 0. The van der Waals surface area contributed by atoms with Crippen molar-refractivity contribution in [2.24, 2.45) is 5.73 Å². The normalized spacial score (nSPS) is 16.8. The maximum absolute atomic E-state index is 13.1. The Bertz CT molecular complexity index is 445. The highest BCUT2D eigenvalue weighted by atomic mass is 19.3. The minimum absolute atomic E-state index is 0.00407. The zero-order valence-electron chi connectivity index (χ0n) is 10.5. The van der Waals surface area contributed by atoms with E-state index < -0.39 is 6.43 Å². The van der Waals surface area contributed by atoms with Gasteiger partial charge in [-0.2, -0.15) is 0 Å². The van der Waals surface area contributed by atoms with Crippen molar-refractivity contribution in [3.05, 3.63) is 23.3 Å². The molecule has 100 valence electrons. The van der Waals surface area contributed by atoms with E-state index in [9.17, 15) is 8.78 Å². The summed E-state index contributed by atoms with van der Waals surface area (Å²) in [6.07, 6.45) is -0.846. The van der Waals surface area contributed by atoms with Gasteiger partial charge in [0, 0.05) is 17.5 Å². The van der Waals surface area contributed by atoms with E-state index in [4.69, 9.17) is 15.2 Å². The molecule has 0 radical (unpaired) electrons. The van der Waals surface area contributed by atoms with Crippen molar-refractivity contribution in [2.75, 3.05) is 20.8 Å². The van der Waals surface area contributed by atoms with Gasteiger partial charge < -0.3 is 15.2 Å². The Kier molecular flexibility index (Phi) is 3.43. The van der Waals surface area contributed by atoms with Crippen LogP contribution in [0.25, 0.3) is 0 Å². The van der Waals surface area contributed by atoms with Crippen LogP contribution in [0.15, 0.2) is 12.1 Å². The van der Waals surface area contributed by atoms with E-state index >= 15 is 0 Å². The SMILES string of the molecule is COc1cc(C(F)F)c(C2(CN)CC2)cc1OC. The van der Waals surface area contributed by atoms with E-state index in [-0.39, 0.29) is 11.0 Å². The van der Waals surface area contributed by atoms with Crippen LogP contribution in [0.1, 0.15) is 30.4 Å². The number of rotatable bonds is 5. The summed E-state index contributed by atoms with van der Waals surface area (Å²) < 4.78 is 36.5. The van der Waals surface area contributed by atoms with E-state index in [0.717, 1.165) is 12.8 Å². The van der Waals surface area contributed by atoms with E-state index in [0.29, 0.717) is 23.6 Å². The zero-order chi connectivity index (χ0) is 13.3. The minimum Gasteiger partial charge on any atom is -0.493 e. The van der Waals surface area contributed by atoms with Crippen LogP contribution in [0.3, 0.4) is 0 Å². The lowest BCUT2D eigenvalue weighted by Gasteiger charge is -2.20. The summed E-state index contributed by atoms with van der Waals surface area (Å²) in [5.41, 5.74) is 6.01. The van der Waals surface area contributed by atoms with Crippen LogP contribution in [0.5, 0.6) is 11.5 Å². The molecular weight excluding hydrogens is 240 g/mol. The maximum atomic E-state index is 13.1. The van der Waals surface area contributed by atoms with Crippen molar-refractivity contribution in [1.82, 2.24) is 0 Å². The molecular formula is C13H17F2NO2. The second-order valence-electron chi connectivity index (χ2n) is 4.58. The standard InChI is InChI=1S/C13H17F2NO2/c1-17-10-5-8(12(14)15)9(6-11(10)18-2)13(7-16)3-4-13/h5-6,12H,3-4,7,16H2,1-2H3. The number of ether oxygens (including phenoxy) is 2. The third kappa shape index (κ3) is 2.03. The van der Waals surface area contributed by atoms with E-state index in [2.05, 4.69) is 0 Å². The van der Waals surface area contributed by atoms with Crippen LogP contribution in [0.4, 0.5) is 8.78 Å². The third-order valence-corrected chi connectivity index (χ3v) is 3.61. The lowest BCUT2D eigenvalue weighted by atomic mass is 9.91. The van der Waals surface area contributed by atoms with Crippen LogP contribution >= 0.6 is 0 Å². The zero-order valence-corrected chi connectivity index (χ0v) is 10.5. The number of methoxy groups -OCH3 is 2. The Morgan fingerprint density at radius 1 is 1.22 bits per heavy atom. The molecule has 0 atom stereocenters. The van der Waals surface area contributed by atoms with Crippen molar-refractivity contribution >= 4 is 0 Å². The van der Waals surface area contributed by atoms with Gasteiger partial charge in [0.05, 0.1) is 14.2 Å². The second kappa shape index (κ2) is 4.72. The molecule has 1 aromatic rings. The molecule has 1 aliphatic carbocycles. The largest absolute Gasteiger partial charge is 0.493 e. The molecule has 2 N–H and O–H groups in total. The Morgan fingerprint density at radius 2 is 1.78 bits per heavy atom. The number of hydrogen-bond acceptors (Lipinski definition) is 3. The van der Waals surface area contributed by atoms with Crippen molar-refractivity contribution in [3.63, 3.8) is 0 Å². The van der Waals surface area contributed by atoms with Crippen LogP contribution in [0.2, 0.25) is 0 Å². The fourth-order valence-electron chi connectivity index (χ4n) is 2.27. The average molecular weight is 257 g/mol. The van der Waals surface area contributed by atoms with Crippen molar-refractivity contribution in [2.45, 2.75) is 24.7 Å². The first-order chi connectivity index (χ1) is 8.57. The van der Waals surface area contributed by atoms with Crippen molar-refractivity contribution < 1.29 is 18.3 Å². The van der Waals surface area contributed by atoms with Gasteiger partial charge in [0.2, 0.25) is 0 Å². The van der Waals surface area contributed by atoms with Gasteiger partial charge in [0.15, 0.2) is 11.5 Å². The monoisotopic (exact) mass is 257 g/mol. The Balaban J connectivity index is 2.56. The summed E-state index contributed by atoms with van der Waals surface area (Å²) in [5, 5.41) is 0. The molecule has 5 heteroatoms. The molecule has 0 amide bonds. The molecule has 0 heterocycles. The fourth-order valence-corrected chi connectivity index (χ4v) is 2.27. The van der Waals surface area contributed by atoms with E-state index in [1.165, 1.54) is 20.3 Å². The molecule has 1 saturated carbocycles. The van der Waals surface area contributed by atoms with Gasteiger partial charge in [-0.25, -0.2) is 8.78 Å². The number of hydrogen-bond donors (Lipinski definition) is 1.